The molecule has 0 aromatic rings. The zero-order valence-electron chi connectivity index (χ0n) is 12.9. The molecule has 0 bridgehead atoms. The lowest BCUT2D eigenvalue weighted by Gasteiger charge is -2.12. The van der Waals surface area contributed by atoms with Crippen molar-refractivity contribution < 1.29 is 14.4 Å². The Bertz CT molecular complexity index is 267. The highest BCUT2D eigenvalue weighted by atomic mass is 16.4. The van der Waals surface area contributed by atoms with E-state index in [1.165, 1.54) is 64.2 Å². The number of unbranched alkanes of at least 4 members (excludes halogenated alkanes) is 9. The van der Waals surface area contributed by atoms with Crippen LogP contribution in [0.2, 0.25) is 0 Å². The van der Waals surface area contributed by atoms with E-state index < -0.39 is 5.97 Å². The molecule has 0 aromatic heterocycles. The SMILES string of the molecule is CCCCCCCCCCCC[N+]1(C)CC1C(=O)O. The van der Waals surface area contributed by atoms with E-state index in [-0.39, 0.29) is 6.04 Å². The molecule has 1 aliphatic heterocycles. The maximum atomic E-state index is 10.8. The van der Waals surface area contributed by atoms with Crippen LogP contribution < -0.4 is 0 Å². The van der Waals surface area contributed by atoms with Gasteiger partial charge in [0, 0.05) is 0 Å². The van der Waals surface area contributed by atoms with E-state index in [9.17, 15) is 4.79 Å². The molecule has 2 atom stereocenters. The molecule has 1 rings (SSSR count). The molecule has 0 radical (unpaired) electrons. The third-order valence-electron chi connectivity index (χ3n) is 4.52. The molecule has 0 saturated carbocycles. The summed E-state index contributed by atoms with van der Waals surface area (Å²) in [5, 5.41) is 8.93. The molecular formula is C16H32NO2+. The van der Waals surface area contributed by atoms with E-state index in [0.717, 1.165) is 17.6 Å². The van der Waals surface area contributed by atoms with Gasteiger partial charge in [0.05, 0.1) is 13.6 Å². The summed E-state index contributed by atoms with van der Waals surface area (Å²) < 4.78 is 0.770. The van der Waals surface area contributed by atoms with Gasteiger partial charge in [0.1, 0.15) is 6.54 Å². The molecule has 1 saturated heterocycles. The number of nitrogens with zero attached hydrogens (tertiary/aromatic N) is 1. The normalized spacial score (nSPS) is 25.5. The third-order valence-corrected chi connectivity index (χ3v) is 4.52. The number of quaternary nitrogens is 1. The number of hydrogen-bond donors (Lipinski definition) is 1. The Balaban J connectivity index is 1.83. The quantitative estimate of drug-likeness (QED) is 0.332. The number of aliphatic carboxylic acids is 1. The average molecular weight is 270 g/mol. The van der Waals surface area contributed by atoms with Crippen LogP contribution in [0.15, 0.2) is 0 Å². The van der Waals surface area contributed by atoms with Crippen molar-refractivity contribution in [3.63, 3.8) is 0 Å². The standard InChI is InChI=1S/C16H31NO2/c1-3-4-5-6-7-8-9-10-11-12-13-17(2)14-15(17)16(18)19/h15H,3-14H2,1-2H3/p+1. The van der Waals surface area contributed by atoms with Crippen molar-refractivity contribution in [2.45, 2.75) is 77.2 Å². The predicted octanol–water partition coefficient (Wildman–Crippen LogP) is 3.82. The minimum absolute atomic E-state index is 0.112. The number of carboxylic acids is 1. The third kappa shape index (κ3) is 6.42. The maximum absolute atomic E-state index is 10.8. The van der Waals surface area contributed by atoms with Gasteiger partial charge in [0.25, 0.3) is 0 Å². The van der Waals surface area contributed by atoms with E-state index in [0.29, 0.717) is 0 Å². The molecule has 0 spiro atoms. The fourth-order valence-corrected chi connectivity index (χ4v) is 2.90. The van der Waals surface area contributed by atoms with Crippen molar-refractivity contribution in [3.05, 3.63) is 0 Å². The molecule has 1 fully saturated rings. The second kappa shape index (κ2) is 8.57. The van der Waals surface area contributed by atoms with Crippen molar-refractivity contribution in [3.8, 4) is 0 Å². The largest absolute Gasteiger partial charge is 0.477 e. The summed E-state index contributed by atoms with van der Waals surface area (Å²) in [7, 11) is 2.08. The Labute approximate surface area is 118 Å². The minimum Gasteiger partial charge on any atom is -0.477 e. The number of rotatable bonds is 12. The number of carboxylic acid groups (broad SMARTS) is 1. The van der Waals surface area contributed by atoms with Gasteiger partial charge in [-0.25, -0.2) is 4.79 Å². The van der Waals surface area contributed by atoms with E-state index >= 15 is 0 Å². The van der Waals surface area contributed by atoms with Crippen LogP contribution >= 0.6 is 0 Å². The van der Waals surface area contributed by atoms with Crippen molar-refractivity contribution in [1.29, 1.82) is 0 Å². The Morgan fingerprint density at radius 3 is 1.89 bits per heavy atom. The van der Waals surface area contributed by atoms with Crippen LogP contribution in [0.25, 0.3) is 0 Å². The van der Waals surface area contributed by atoms with Crippen LogP contribution in [0.1, 0.15) is 71.1 Å². The number of carbonyl (C=O) groups is 1. The van der Waals surface area contributed by atoms with Gasteiger partial charge in [-0.05, 0) is 12.8 Å². The molecule has 0 aromatic carbocycles. The van der Waals surface area contributed by atoms with Gasteiger partial charge in [-0.2, -0.15) is 0 Å². The highest BCUT2D eigenvalue weighted by molar-refractivity contribution is 5.74. The second-order valence-electron chi connectivity index (χ2n) is 6.42. The fourth-order valence-electron chi connectivity index (χ4n) is 2.90. The van der Waals surface area contributed by atoms with Crippen molar-refractivity contribution in [2.75, 3.05) is 20.1 Å². The number of hydrogen-bond acceptors (Lipinski definition) is 1. The smallest absolute Gasteiger partial charge is 0.368 e. The van der Waals surface area contributed by atoms with Gasteiger partial charge in [0.15, 0.2) is 0 Å². The maximum Gasteiger partial charge on any atom is 0.368 e. The molecule has 3 nitrogen and oxygen atoms in total. The van der Waals surface area contributed by atoms with Gasteiger partial charge in [-0.15, -0.1) is 0 Å². The van der Waals surface area contributed by atoms with Crippen molar-refractivity contribution in [2.24, 2.45) is 0 Å². The Hall–Kier alpha value is -0.570. The Morgan fingerprint density at radius 1 is 1.00 bits per heavy atom. The second-order valence-corrected chi connectivity index (χ2v) is 6.42. The summed E-state index contributed by atoms with van der Waals surface area (Å²) >= 11 is 0. The zero-order chi connectivity index (χ0) is 14.1. The predicted molar refractivity (Wildman–Crippen MR) is 79.2 cm³/mol. The fraction of sp³-hybridized carbons (Fsp3) is 0.938. The molecule has 2 unspecified atom stereocenters. The van der Waals surface area contributed by atoms with Crippen LogP contribution in [0.5, 0.6) is 0 Å². The molecule has 1 aliphatic rings. The highest BCUT2D eigenvalue weighted by Gasteiger charge is 2.56. The summed E-state index contributed by atoms with van der Waals surface area (Å²) in [5.74, 6) is -0.616. The van der Waals surface area contributed by atoms with Crippen LogP contribution in [0, 0.1) is 0 Å². The molecule has 1 heterocycles. The molecule has 0 amide bonds. The minimum atomic E-state index is -0.616. The molecule has 19 heavy (non-hydrogen) atoms. The Kier molecular flexibility index (Phi) is 7.44. The van der Waals surface area contributed by atoms with Gasteiger partial charge in [-0.1, -0.05) is 58.3 Å². The molecule has 1 N–H and O–H groups in total. The summed E-state index contributed by atoms with van der Waals surface area (Å²) in [6.07, 6.45) is 13.5. The summed E-state index contributed by atoms with van der Waals surface area (Å²) in [6.45, 7) is 4.15. The average Bonchev–Trinajstić information content (AvgIpc) is 3.05. The summed E-state index contributed by atoms with van der Waals surface area (Å²) in [5.41, 5.74) is 0. The summed E-state index contributed by atoms with van der Waals surface area (Å²) in [4.78, 5) is 10.8. The first-order valence-corrected chi connectivity index (χ1v) is 8.17. The van der Waals surface area contributed by atoms with Gasteiger partial charge in [-0.3, -0.25) is 0 Å². The van der Waals surface area contributed by atoms with Crippen molar-refractivity contribution >= 4 is 5.97 Å². The molecule has 112 valence electrons. The van der Waals surface area contributed by atoms with Crippen LogP contribution in [-0.2, 0) is 4.79 Å². The first-order valence-electron chi connectivity index (χ1n) is 8.17. The highest BCUT2D eigenvalue weighted by Crippen LogP contribution is 2.28. The monoisotopic (exact) mass is 270 g/mol. The lowest BCUT2D eigenvalue weighted by atomic mass is 10.1. The van der Waals surface area contributed by atoms with E-state index in [2.05, 4.69) is 14.0 Å². The topological polar surface area (TPSA) is 37.3 Å². The van der Waals surface area contributed by atoms with Crippen molar-refractivity contribution in [1.82, 2.24) is 0 Å². The first-order chi connectivity index (χ1) is 9.10. The van der Waals surface area contributed by atoms with Crippen LogP contribution in [-0.4, -0.2) is 41.7 Å². The first kappa shape index (κ1) is 16.5. The van der Waals surface area contributed by atoms with Gasteiger partial charge >= 0.3 is 5.97 Å². The molecule has 0 aliphatic carbocycles. The lowest BCUT2D eigenvalue weighted by molar-refractivity contribution is -0.787. The Morgan fingerprint density at radius 2 is 1.47 bits per heavy atom. The van der Waals surface area contributed by atoms with Crippen LogP contribution in [0.3, 0.4) is 0 Å². The van der Waals surface area contributed by atoms with Gasteiger partial charge in [0.2, 0.25) is 6.04 Å². The zero-order valence-corrected chi connectivity index (χ0v) is 12.9. The van der Waals surface area contributed by atoms with E-state index in [1.807, 2.05) is 0 Å². The van der Waals surface area contributed by atoms with Crippen LogP contribution in [0.4, 0.5) is 0 Å². The summed E-state index contributed by atoms with van der Waals surface area (Å²) in [6, 6.07) is -0.112. The molecule has 3 heteroatoms. The number of likely N-dealkylation sites (N-methyl/N-ethyl adjacent to an activating group) is 1. The molecular weight excluding hydrogens is 238 g/mol. The van der Waals surface area contributed by atoms with E-state index in [4.69, 9.17) is 5.11 Å². The lowest BCUT2D eigenvalue weighted by Crippen LogP contribution is -2.28. The van der Waals surface area contributed by atoms with Gasteiger partial charge < -0.3 is 9.59 Å². The van der Waals surface area contributed by atoms with E-state index in [1.54, 1.807) is 0 Å².